The molecule has 0 saturated carbocycles. The predicted octanol–water partition coefficient (Wildman–Crippen LogP) is -1.72. The van der Waals surface area contributed by atoms with Crippen molar-refractivity contribution >= 4 is 23.4 Å². The van der Waals surface area contributed by atoms with Crippen molar-refractivity contribution in [1.82, 2.24) is 16.1 Å². The summed E-state index contributed by atoms with van der Waals surface area (Å²) in [7, 11) is 0. The number of amides is 3. The van der Waals surface area contributed by atoms with E-state index in [-0.39, 0.29) is 25.5 Å². The Labute approximate surface area is 110 Å². The lowest BCUT2D eigenvalue weighted by atomic mass is 10.3. The number of aliphatic hydroxyl groups is 1. The van der Waals surface area contributed by atoms with Gasteiger partial charge in [-0.2, -0.15) is 5.10 Å². The van der Waals surface area contributed by atoms with Gasteiger partial charge >= 0.3 is 11.8 Å². The maximum Gasteiger partial charge on any atom is 0.329 e. The SMILES string of the molecule is C=CCNC(=O)CC(C)=NNC(=O)C(=O)NCCO. The molecule has 0 heterocycles. The zero-order valence-corrected chi connectivity index (χ0v) is 10.7. The van der Waals surface area contributed by atoms with Crippen molar-refractivity contribution in [2.45, 2.75) is 13.3 Å². The summed E-state index contributed by atoms with van der Waals surface area (Å²) in [6, 6.07) is 0. The first-order valence-corrected chi connectivity index (χ1v) is 5.61. The number of rotatable bonds is 7. The molecule has 0 unspecified atom stereocenters. The Kier molecular flexibility index (Phi) is 8.63. The Morgan fingerprint density at radius 2 is 1.95 bits per heavy atom. The standard InChI is InChI=1S/C11H18N4O4/c1-3-4-12-9(17)7-8(2)14-15-11(19)10(18)13-5-6-16/h3,16H,1,4-7H2,2H3,(H,12,17)(H,13,18)(H,15,19). The topological polar surface area (TPSA) is 120 Å². The van der Waals surface area contributed by atoms with Gasteiger partial charge in [0.25, 0.3) is 0 Å². The summed E-state index contributed by atoms with van der Waals surface area (Å²) in [5.41, 5.74) is 2.36. The third kappa shape index (κ3) is 8.50. The van der Waals surface area contributed by atoms with Crippen molar-refractivity contribution < 1.29 is 19.5 Å². The molecule has 0 atom stereocenters. The molecule has 0 aliphatic rings. The maximum atomic E-state index is 11.3. The quantitative estimate of drug-likeness (QED) is 0.190. The van der Waals surface area contributed by atoms with Crippen LogP contribution in [0.5, 0.6) is 0 Å². The molecule has 4 N–H and O–H groups in total. The third-order valence-electron chi connectivity index (χ3n) is 1.81. The number of carbonyl (C=O) groups excluding carboxylic acids is 3. The normalized spacial score (nSPS) is 10.5. The zero-order chi connectivity index (χ0) is 14.7. The van der Waals surface area contributed by atoms with E-state index in [1.54, 1.807) is 6.92 Å². The average Bonchev–Trinajstić information content (AvgIpc) is 2.39. The molecule has 0 aromatic rings. The van der Waals surface area contributed by atoms with E-state index in [1.807, 2.05) is 5.43 Å². The minimum atomic E-state index is -0.959. The van der Waals surface area contributed by atoms with Crippen LogP contribution >= 0.6 is 0 Å². The van der Waals surface area contributed by atoms with E-state index in [0.717, 1.165) is 0 Å². The minimum Gasteiger partial charge on any atom is -0.395 e. The molecule has 0 radical (unpaired) electrons. The van der Waals surface area contributed by atoms with Crippen molar-refractivity contribution in [3.63, 3.8) is 0 Å². The lowest BCUT2D eigenvalue weighted by molar-refractivity contribution is -0.139. The van der Waals surface area contributed by atoms with Crippen LogP contribution in [0.2, 0.25) is 0 Å². The second-order valence-corrected chi connectivity index (χ2v) is 3.54. The molecule has 0 spiro atoms. The summed E-state index contributed by atoms with van der Waals surface area (Å²) in [4.78, 5) is 33.5. The minimum absolute atomic E-state index is 0.00633. The van der Waals surface area contributed by atoms with Crippen LogP contribution in [0.1, 0.15) is 13.3 Å². The highest BCUT2D eigenvalue weighted by molar-refractivity contribution is 6.35. The molecule has 0 aliphatic carbocycles. The lowest BCUT2D eigenvalue weighted by Crippen LogP contribution is -2.39. The van der Waals surface area contributed by atoms with Crippen molar-refractivity contribution in [3.05, 3.63) is 12.7 Å². The molecule has 0 aromatic heterocycles. The molecule has 0 bridgehead atoms. The van der Waals surface area contributed by atoms with Crippen LogP contribution in [0.15, 0.2) is 17.8 Å². The zero-order valence-electron chi connectivity index (χ0n) is 10.7. The summed E-state index contributed by atoms with van der Waals surface area (Å²) >= 11 is 0. The summed E-state index contributed by atoms with van der Waals surface area (Å²) in [6.07, 6.45) is 1.55. The highest BCUT2D eigenvalue weighted by atomic mass is 16.3. The molecule has 0 saturated heterocycles. The van der Waals surface area contributed by atoms with Crippen molar-refractivity contribution in [2.24, 2.45) is 5.10 Å². The van der Waals surface area contributed by atoms with E-state index >= 15 is 0 Å². The molecule has 0 aromatic carbocycles. The van der Waals surface area contributed by atoms with Crippen molar-refractivity contribution in [2.75, 3.05) is 19.7 Å². The fraction of sp³-hybridized carbons (Fsp3) is 0.455. The Morgan fingerprint density at radius 1 is 1.26 bits per heavy atom. The second kappa shape index (κ2) is 9.77. The first-order valence-electron chi connectivity index (χ1n) is 5.61. The fourth-order valence-electron chi connectivity index (χ4n) is 0.967. The number of hydrazone groups is 1. The first-order chi connectivity index (χ1) is 9.01. The van der Waals surface area contributed by atoms with E-state index in [4.69, 9.17) is 5.11 Å². The van der Waals surface area contributed by atoms with Gasteiger partial charge in [0.15, 0.2) is 0 Å². The fourth-order valence-corrected chi connectivity index (χ4v) is 0.967. The maximum absolute atomic E-state index is 11.3. The van der Waals surface area contributed by atoms with Crippen LogP contribution in [0, 0.1) is 0 Å². The van der Waals surface area contributed by atoms with Gasteiger partial charge < -0.3 is 15.7 Å². The van der Waals surface area contributed by atoms with Crippen molar-refractivity contribution in [3.8, 4) is 0 Å². The summed E-state index contributed by atoms with van der Waals surface area (Å²) < 4.78 is 0. The van der Waals surface area contributed by atoms with Gasteiger partial charge in [0.05, 0.1) is 13.0 Å². The largest absolute Gasteiger partial charge is 0.395 e. The van der Waals surface area contributed by atoms with Crippen LogP contribution in [0.4, 0.5) is 0 Å². The lowest BCUT2D eigenvalue weighted by Gasteiger charge is -2.03. The van der Waals surface area contributed by atoms with E-state index in [1.165, 1.54) is 6.08 Å². The average molecular weight is 270 g/mol. The van der Waals surface area contributed by atoms with Crippen LogP contribution in [0.25, 0.3) is 0 Å². The second-order valence-electron chi connectivity index (χ2n) is 3.54. The van der Waals surface area contributed by atoms with Gasteiger partial charge in [0, 0.05) is 18.8 Å². The van der Waals surface area contributed by atoms with Gasteiger partial charge in [0.2, 0.25) is 5.91 Å². The Morgan fingerprint density at radius 3 is 2.53 bits per heavy atom. The molecule has 0 rings (SSSR count). The van der Waals surface area contributed by atoms with E-state index < -0.39 is 11.8 Å². The highest BCUT2D eigenvalue weighted by Crippen LogP contribution is 1.85. The highest BCUT2D eigenvalue weighted by Gasteiger charge is 2.11. The van der Waals surface area contributed by atoms with Gasteiger partial charge in [-0.25, -0.2) is 5.43 Å². The predicted molar refractivity (Wildman–Crippen MR) is 69.2 cm³/mol. The van der Waals surface area contributed by atoms with E-state index in [9.17, 15) is 14.4 Å². The number of aliphatic hydroxyl groups excluding tert-OH is 1. The third-order valence-corrected chi connectivity index (χ3v) is 1.81. The van der Waals surface area contributed by atoms with E-state index in [0.29, 0.717) is 12.3 Å². The molecule has 106 valence electrons. The van der Waals surface area contributed by atoms with E-state index in [2.05, 4.69) is 22.3 Å². The molecule has 0 fully saturated rings. The molecule has 8 heteroatoms. The number of nitrogens with one attached hydrogen (secondary N) is 3. The van der Waals surface area contributed by atoms with Gasteiger partial charge in [0.1, 0.15) is 0 Å². The number of nitrogens with zero attached hydrogens (tertiary/aromatic N) is 1. The first kappa shape index (κ1) is 16.8. The monoisotopic (exact) mass is 270 g/mol. The summed E-state index contributed by atoms with van der Waals surface area (Å²) in [5.74, 6) is -2.12. The molecule has 8 nitrogen and oxygen atoms in total. The molecular weight excluding hydrogens is 252 g/mol. The Bertz CT molecular complexity index is 379. The Hall–Kier alpha value is -2.22. The number of hydrogen-bond acceptors (Lipinski definition) is 5. The molecule has 3 amide bonds. The van der Waals surface area contributed by atoms with Gasteiger partial charge in [-0.1, -0.05) is 6.08 Å². The van der Waals surface area contributed by atoms with Gasteiger partial charge in [-0.15, -0.1) is 6.58 Å². The summed E-state index contributed by atoms with van der Waals surface area (Å²) in [5, 5.41) is 16.8. The van der Waals surface area contributed by atoms with Gasteiger partial charge in [-0.3, -0.25) is 14.4 Å². The molecule has 19 heavy (non-hydrogen) atoms. The summed E-state index contributed by atoms with van der Waals surface area (Å²) in [6.45, 7) is 5.07. The number of hydrogen-bond donors (Lipinski definition) is 4. The Balaban J connectivity index is 4.09. The van der Waals surface area contributed by atoms with Crippen LogP contribution in [0.3, 0.4) is 0 Å². The smallest absolute Gasteiger partial charge is 0.329 e. The van der Waals surface area contributed by atoms with Crippen LogP contribution in [-0.2, 0) is 14.4 Å². The van der Waals surface area contributed by atoms with Gasteiger partial charge in [-0.05, 0) is 6.92 Å². The molecular formula is C11H18N4O4. The molecule has 0 aliphatic heterocycles. The number of carbonyl (C=O) groups is 3. The van der Waals surface area contributed by atoms with Crippen LogP contribution < -0.4 is 16.1 Å². The van der Waals surface area contributed by atoms with Crippen molar-refractivity contribution in [1.29, 1.82) is 0 Å². The van der Waals surface area contributed by atoms with Crippen LogP contribution in [-0.4, -0.2) is 48.2 Å².